The molecule has 2 N–H and O–H groups in total. The lowest BCUT2D eigenvalue weighted by molar-refractivity contribution is 0.0850. The Labute approximate surface area is 99.2 Å². The van der Waals surface area contributed by atoms with Gasteiger partial charge in [-0.1, -0.05) is 32.6 Å². The maximum Gasteiger partial charge on any atom is 0.0833 e. The van der Waals surface area contributed by atoms with Crippen molar-refractivity contribution < 1.29 is 5.11 Å². The van der Waals surface area contributed by atoms with Crippen molar-refractivity contribution in [1.82, 2.24) is 5.32 Å². The minimum Gasteiger partial charge on any atom is -0.388 e. The van der Waals surface area contributed by atoms with Gasteiger partial charge in [-0.05, 0) is 26.1 Å². The summed E-state index contributed by atoms with van der Waals surface area (Å²) >= 11 is 1.69. The third kappa shape index (κ3) is 10.6. The van der Waals surface area contributed by atoms with Crippen LogP contribution in [0.1, 0.15) is 46.0 Å². The van der Waals surface area contributed by atoms with Crippen molar-refractivity contribution in [2.24, 2.45) is 0 Å². The lowest BCUT2D eigenvalue weighted by Gasteiger charge is -2.22. The monoisotopic (exact) mass is 233 g/mol. The lowest BCUT2D eigenvalue weighted by Crippen LogP contribution is -2.40. The molecule has 3 heteroatoms. The fraction of sp³-hybridized carbons (Fsp3) is 1.00. The Morgan fingerprint density at radius 1 is 1.20 bits per heavy atom. The van der Waals surface area contributed by atoms with Crippen LogP contribution in [-0.2, 0) is 0 Å². The number of unbranched alkanes of at least 4 members (excludes halogenated alkanes) is 4. The molecule has 92 valence electrons. The normalized spacial score (nSPS) is 15.2. The first-order chi connectivity index (χ1) is 7.12. The van der Waals surface area contributed by atoms with Gasteiger partial charge in [0.2, 0.25) is 0 Å². The standard InChI is InChI=1S/C12H27NOS/c1-4-5-6-7-8-9-13-10-12(2,14)11-15-3/h13-14H,4-11H2,1-3H3. The van der Waals surface area contributed by atoms with Crippen molar-refractivity contribution in [2.45, 2.75) is 51.6 Å². The third-order valence-electron chi connectivity index (χ3n) is 2.42. The van der Waals surface area contributed by atoms with Crippen LogP contribution in [0.3, 0.4) is 0 Å². The molecule has 0 amide bonds. The van der Waals surface area contributed by atoms with E-state index >= 15 is 0 Å². The molecule has 0 spiro atoms. The number of hydrogen-bond donors (Lipinski definition) is 2. The Morgan fingerprint density at radius 2 is 1.87 bits per heavy atom. The van der Waals surface area contributed by atoms with E-state index in [2.05, 4.69) is 12.2 Å². The van der Waals surface area contributed by atoms with Gasteiger partial charge in [-0.2, -0.15) is 11.8 Å². The Hall–Kier alpha value is 0.270. The van der Waals surface area contributed by atoms with E-state index in [9.17, 15) is 5.11 Å². The molecule has 0 aliphatic carbocycles. The summed E-state index contributed by atoms with van der Waals surface area (Å²) in [6.07, 6.45) is 8.57. The zero-order chi connectivity index (χ0) is 11.6. The summed E-state index contributed by atoms with van der Waals surface area (Å²) in [5, 5.41) is 13.2. The quantitative estimate of drug-likeness (QED) is 0.569. The van der Waals surface area contributed by atoms with E-state index in [-0.39, 0.29) is 0 Å². The number of nitrogens with one attached hydrogen (secondary N) is 1. The van der Waals surface area contributed by atoms with E-state index in [0.717, 1.165) is 12.3 Å². The number of thioether (sulfide) groups is 1. The molecule has 0 aliphatic heterocycles. The third-order valence-corrected chi connectivity index (χ3v) is 3.33. The van der Waals surface area contributed by atoms with Crippen LogP contribution in [-0.4, -0.2) is 35.8 Å². The second-order valence-electron chi connectivity index (χ2n) is 4.52. The van der Waals surface area contributed by atoms with Gasteiger partial charge in [0, 0.05) is 12.3 Å². The molecule has 0 saturated heterocycles. The molecule has 0 aromatic heterocycles. The van der Waals surface area contributed by atoms with Crippen molar-refractivity contribution in [3.8, 4) is 0 Å². The second kappa shape index (κ2) is 9.49. The van der Waals surface area contributed by atoms with Crippen LogP contribution in [0.25, 0.3) is 0 Å². The molecule has 0 bridgehead atoms. The van der Waals surface area contributed by atoms with Crippen LogP contribution in [0.5, 0.6) is 0 Å². The van der Waals surface area contributed by atoms with E-state index in [1.807, 2.05) is 13.2 Å². The minimum absolute atomic E-state index is 0.553. The van der Waals surface area contributed by atoms with Gasteiger partial charge >= 0.3 is 0 Å². The molecule has 0 heterocycles. The molecule has 0 aromatic rings. The second-order valence-corrected chi connectivity index (χ2v) is 5.39. The SMILES string of the molecule is CCCCCCCNCC(C)(O)CSC. The zero-order valence-electron chi connectivity index (χ0n) is 10.5. The zero-order valence-corrected chi connectivity index (χ0v) is 11.3. The van der Waals surface area contributed by atoms with Gasteiger partial charge in [0.1, 0.15) is 0 Å². The summed E-state index contributed by atoms with van der Waals surface area (Å²) in [6, 6.07) is 0. The highest BCUT2D eigenvalue weighted by atomic mass is 32.2. The van der Waals surface area contributed by atoms with E-state index in [0.29, 0.717) is 6.54 Å². The molecule has 2 nitrogen and oxygen atoms in total. The Bertz CT molecular complexity index is 140. The van der Waals surface area contributed by atoms with E-state index in [4.69, 9.17) is 0 Å². The summed E-state index contributed by atoms with van der Waals surface area (Å²) in [5.74, 6) is 0.801. The van der Waals surface area contributed by atoms with Gasteiger partial charge in [-0.3, -0.25) is 0 Å². The smallest absolute Gasteiger partial charge is 0.0833 e. The van der Waals surface area contributed by atoms with Gasteiger partial charge in [-0.25, -0.2) is 0 Å². The van der Waals surface area contributed by atoms with Gasteiger partial charge in [0.25, 0.3) is 0 Å². The first-order valence-electron chi connectivity index (χ1n) is 6.04. The summed E-state index contributed by atoms with van der Waals surface area (Å²) in [7, 11) is 0. The summed E-state index contributed by atoms with van der Waals surface area (Å²) in [5.41, 5.74) is -0.553. The highest BCUT2D eigenvalue weighted by Crippen LogP contribution is 2.09. The predicted octanol–water partition coefficient (Wildman–Crippen LogP) is 2.66. The molecular weight excluding hydrogens is 206 g/mol. The fourth-order valence-electron chi connectivity index (χ4n) is 1.57. The van der Waals surface area contributed by atoms with Crippen molar-refractivity contribution in [3.05, 3.63) is 0 Å². The van der Waals surface area contributed by atoms with E-state index < -0.39 is 5.60 Å². The Balaban J connectivity index is 3.22. The highest BCUT2D eigenvalue weighted by molar-refractivity contribution is 7.98. The van der Waals surface area contributed by atoms with Gasteiger partial charge in [0.15, 0.2) is 0 Å². The summed E-state index contributed by atoms with van der Waals surface area (Å²) < 4.78 is 0. The number of aliphatic hydroxyl groups is 1. The molecule has 1 atom stereocenters. The maximum absolute atomic E-state index is 9.87. The molecule has 0 rings (SSSR count). The molecule has 0 aromatic carbocycles. The van der Waals surface area contributed by atoms with Gasteiger partial charge < -0.3 is 10.4 Å². The van der Waals surface area contributed by atoms with Gasteiger partial charge in [-0.15, -0.1) is 0 Å². The van der Waals surface area contributed by atoms with Crippen LogP contribution in [0.15, 0.2) is 0 Å². The van der Waals surface area contributed by atoms with Gasteiger partial charge in [0.05, 0.1) is 5.60 Å². The van der Waals surface area contributed by atoms with Crippen LogP contribution in [0.2, 0.25) is 0 Å². The van der Waals surface area contributed by atoms with Crippen LogP contribution >= 0.6 is 11.8 Å². The largest absolute Gasteiger partial charge is 0.388 e. The van der Waals surface area contributed by atoms with E-state index in [1.54, 1.807) is 11.8 Å². The van der Waals surface area contributed by atoms with Crippen molar-refractivity contribution >= 4 is 11.8 Å². The minimum atomic E-state index is -0.553. The molecule has 0 fully saturated rings. The fourth-order valence-corrected chi connectivity index (χ4v) is 2.30. The molecule has 1 unspecified atom stereocenters. The van der Waals surface area contributed by atoms with Crippen LogP contribution in [0.4, 0.5) is 0 Å². The Morgan fingerprint density at radius 3 is 2.47 bits per heavy atom. The molecule has 15 heavy (non-hydrogen) atoms. The van der Waals surface area contributed by atoms with Crippen LogP contribution < -0.4 is 5.32 Å². The number of hydrogen-bond acceptors (Lipinski definition) is 3. The summed E-state index contributed by atoms with van der Waals surface area (Å²) in [4.78, 5) is 0. The Kier molecular flexibility index (Phi) is 9.66. The maximum atomic E-state index is 9.87. The topological polar surface area (TPSA) is 32.3 Å². The average molecular weight is 233 g/mol. The molecule has 0 radical (unpaired) electrons. The lowest BCUT2D eigenvalue weighted by atomic mass is 10.1. The number of rotatable bonds is 10. The average Bonchev–Trinajstić information content (AvgIpc) is 2.16. The van der Waals surface area contributed by atoms with Crippen molar-refractivity contribution in [3.63, 3.8) is 0 Å². The van der Waals surface area contributed by atoms with Crippen molar-refractivity contribution in [2.75, 3.05) is 25.1 Å². The molecular formula is C12H27NOS. The predicted molar refractivity (Wildman–Crippen MR) is 70.6 cm³/mol. The highest BCUT2D eigenvalue weighted by Gasteiger charge is 2.18. The van der Waals surface area contributed by atoms with Crippen molar-refractivity contribution in [1.29, 1.82) is 0 Å². The molecule has 0 saturated carbocycles. The summed E-state index contributed by atoms with van der Waals surface area (Å²) in [6.45, 7) is 5.88. The van der Waals surface area contributed by atoms with E-state index in [1.165, 1.54) is 32.1 Å². The first-order valence-corrected chi connectivity index (χ1v) is 7.44. The first kappa shape index (κ1) is 15.3. The van der Waals surface area contributed by atoms with Crippen LogP contribution in [0, 0.1) is 0 Å². The molecule has 0 aliphatic rings.